The van der Waals surface area contributed by atoms with Crippen LogP contribution in [-0.4, -0.2) is 152 Å². The average molecular weight is 998 g/mol. The Morgan fingerprint density at radius 1 is 0.789 bits per heavy atom. The van der Waals surface area contributed by atoms with Crippen LogP contribution in [0.25, 0.3) is 0 Å². The van der Waals surface area contributed by atoms with Gasteiger partial charge in [0.25, 0.3) is 5.69 Å². The van der Waals surface area contributed by atoms with E-state index >= 15 is 0 Å². The number of nitrogens with one attached hydrogen (secondary N) is 5. The fourth-order valence-corrected chi connectivity index (χ4v) is 7.23. The first-order valence-corrected chi connectivity index (χ1v) is 22.9. The summed E-state index contributed by atoms with van der Waals surface area (Å²) in [6.07, 6.45) is -3.63. The quantitative estimate of drug-likeness (QED) is 0.0148. The minimum Gasteiger partial charge on any atom is -0.429 e. The van der Waals surface area contributed by atoms with Gasteiger partial charge >= 0.3 is 12.2 Å². The highest BCUT2D eigenvalue weighted by molar-refractivity contribution is 5.98. The molecule has 3 aromatic carbocycles. The minimum atomic E-state index is -1.31. The number of aliphatic hydroxyl groups is 3. The molecule has 71 heavy (non-hydrogen) atoms. The minimum absolute atomic E-state index is 0.0152. The number of carbonyl (C=O) groups excluding carboxylic acids is 6. The van der Waals surface area contributed by atoms with E-state index in [9.17, 15) is 54.2 Å². The molecule has 0 saturated heterocycles. The number of hydrogen-bond donors (Lipinski definition) is 9. The maximum absolute atomic E-state index is 13.9. The zero-order valence-corrected chi connectivity index (χ0v) is 39.2. The fourth-order valence-electron chi connectivity index (χ4n) is 7.23. The van der Waals surface area contributed by atoms with Crippen molar-refractivity contribution in [2.75, 3.05) is 64.7 Å². The summed E-state index contributed by atoms with van der Waals surface area (Å²) in [6.45, 7) is 2.01. The van der Waals surface area contributed by atoms with E-state index < -0.39 is 83.1 Å². The lowest BCUT2D eigenvalue weighted by Crippen LogP contribution is -2.61. The number of nitro benzene ring substituents is 1. The third-order valence-electron chi connectivity index (χ3n) is 10.9. The Morgan fingerprint density at radius 2 is 1.44 bits per heavy atom. The Morgan fingerprint density at radius 3 is 2.06 bits per heavy atom. The second-order valence-corrected chi connectivity index (χ2v) is 16.3. The van der Waals surface area contributed by atoms with Gasteiger partial charge in [0.2, 0.25) is 23.6 Å². The van der Waals surface area contributed by atoms with E-state index in [1.165, 1.54) is 31.2 Å². The molecule has 24 nitrogen and oxygen atoms in total. The van der Waals surface area contributed by atoms with Crippen molar-refractivity contribution in [3.8, 4) is 5.75 Å². The summed E-state index contributed by atoms with van der Waals surface area (Å²) < 4.78 is 32.6. The van der Waals surface area contributed by atoms with Crippen LogP contribution in [0.4, 0.5) is 21.0 Å². The standard InChI is InChI=1S/C47H63N7O17/c1-30(56)50-41-39(27-33(28-55)42(58)43(41)59)69-25-24-68-23-22-67-21-20-66-19-17-40(57)52-38(26-31-6-3-2-4-7-31)45(61)53-37(8-5-18-49-46(48)62)44(60)51-34-11-9-32(10-12-34)29-70-47(63)71-36-15-13-35(14-16-36)54(64)65/h2-4,6-7,9-16,33,37-39,41-43,55,58-59H,5,8,17-29H2,1H3,(H,50,56)(H,51,60)(H,52,57)(H,53,61)(H3,48,49,62). The number of nitrogens with zero attached hydrogens (tertiary/aromatic N) is 1. The van der Waals surface area contributed by atoms with Crippen molar-refractivity contribution in [3.05, 3.63) is 100 Å². The molecule has 3 aromatic rings. The normalized spacial score (nSPS) is 18.2. The highest BCUT2D eigenvalue weighted by atomic mass is 16.7. The van der Waals surface area contributed by atoms with Crippen molar-refractivity contribution in [2.45, 2.75) is 82.1 Å². The van der Waals surface area contributed by atoms with E-state index in [1.807, 2.05) is 0 Å². The van der Waals surface area contributed by atoms with Gasteiger partial charge in [-0.3, -0.25) is 29.3 Å². The molecule has 1 aliphatic rings. The zero-order chi connectivity index (χ0) is 51.5. The van der Waals surface area contributed by atoms with Crippen molar-refractivity contribution in [2.24, 2.45) is 11.7 Å². The monoisotopic (exact) mass is 997 g/mol. The van der Waals surface area contributed by atoms with Crippen LogP contribution in [0.2, 0.25) is 0 Å². The lowest BCUT2D eigenvalue weighted by Gasteiger charge is -2.42. The van der Waals surface area contributed by atoms with Gasteiger partial charge in [0.15, 0.2) is 0 Å². The van der Waals surface area contributed by atoms with E-state index in [0.29, 0.717) is 11.3 Å². The Balaban J connectivity index is 1.20. The molecular weight excluding hydrogens is 935 g/mol. The Labute approximate surface area is 409 Å². The Bertz CT molecular complexity index is 2150. The van der Waals surface area contributed by atoms with Crippen LogP contribution in [0.15, 0.2) is 78.9 Å². The Kier molecular flexibility index (Phi) is 24.6. The average Bonchev–Trinajstić information content (AvgIpc) is 3.34. The summed E-state index contributed by atoms with van der Waals surface area (Å²) in [5, 5.41) is 54.4. The van der Waals surface area contributed by atoms with Crippen molar-refractivity contribution < 1.29 is 77.4 Å². The first kappa shape index (κ1) is 56.8. The molecule has 6 amide bonds. The smallest absolute Gasteiger partial charge is 0.429 e. The number of rotatable bonds is 30. The van der Waals surface area contributed by atoms with Crippen molar-refractivity contribution in [1.82, 2.24) is 21.3 Å². The first-order chi connectivity index (χ1) is 34.1. The summed E-state index contributed by atoms with van der Waals surface area (Å²) in [5.41, 5.74) is 6.64. The molecule has 0 heterocycles. The third kappa shape index (κ3) is 21.0. The predicted molar refractivity (Wildman–Crippen MR) is 251 cm³/mol. The van der Waals surface area contributed by atoms with Gasteiger partial charge in [-0.15, -0.1) is 0 Å². The van der Waals surface area contributed by atoms with Crippen molar-refractivity contribution in [1.29, 1.82) is 0 Å². The van der Waals surface area contributed by atoms with Gasteiger partial charge in [0.1, 0.15) is 30.5 Å². The zero-order valence-electron chi connectivity index (χ0n) is 39.2. The lowest BCUT2D eigenvalue weighted by atomic mass is 9.79. The molecular formula is C47H63N7O17. The van der Waals surface area contributed by atoms with Crippen LogP contribution in [0, 0.1) is 16.0 Å². The molecule has 0 spiro atoms. The number of nitro groups is 1. The predicted octanol–water partition coefficient (Wildman–Crippen LogP) is 0.974. The number of ether oxygens (including phenoxy) is 6. The number of amides is 6. The second-order valence-electron chi connectivity index (χ2n) is 16.3. The first-order valence-electron chi connectivity index (χ1n) is 22.9. The van der Waals surface area contributed by atoms with Crippen LogP contribution >= 0.6 is 0 Å². The summed E-state index contributed by atoms with van der Waals surface area (Å²) in [6, 6.07) is 16.3. The van der Waals surface area contributed by atoms with Gasteiger partial charge < -0.3 is 76.1 Å². The largest absolute Gasteiger partial charge is 0.514 e. The molecule has 1 saturated carbocycles. The molecule has 7 unspecified atom stereocenters. The molecule has 7 atom stereocenters. The van der Waals surface area contributed by atoms with E-state index in [1.54, 1.807) is 54.6 Å². The van der Waals surface area contributed by atoms with Gasteiger partial charge in [0, 0.05) is 56.7 Å². The molecule has 0 aromatic heterocycles. The summed E-state index contributed by atoms with van der Waals surface area (Å²) in [7, 11) is 0. The highest BCUT2D eigenvalue weighted by Gasteiger charge is 2.44. The van der Waals surface area contributed by atoms with Gasteiger partial charge in [-0.1, -0.05) is 42.5 Å². The number of primary amides is 1. The SMILES string of the molecule is CC(=O)NC1C(OCCOCCOCCOCCC(=O)NC(Cc2ccccc2)C(=O)NC(CCCNC(N)=O)C(=O)Nc2ccc(COC(=O)Oc3ccc([N+](=O)[O-])cc3)cc2)CC(CO)C(O)C1O. The molecule has 1 aliphatic carbocycles. The molecule has 4 rings (SSSR count). The van der Waals surface area contributed by atoms with Gasteiger partial charge in [0.05, 0.1) is 69.4 Å². The van der Waals surface area contributed by atoms with Crippen LogP contribution in [0.3, 0.4) is 0 Å². The number of nitrogens with two attached hydrogens (primary N) is 1. The van der Waals surface area contributed by atoms with E-state index in [0.717, 1.165) is 5.56 Å². The number of urea groups is 1. The molecule has 0 aliphatic heterocycles. The highest BCUT2D eigenvalue weighted by Crippen LogP contribution is 2.28. The second kappa shape index (κ2) is 30.7. The molecule has 388 valence electrons. The summed E-state index contributed by atoms with van der Waals surface area (Å²) in [5.74, 6) is -2.67. The van der Waals surface area contributed by atoms with Crippen LogP contribution < -0.4 is 37.1 Å². The summed E-state index contributed by atoms with van der Waals surface area (Å²) >= 11 is 0. The maximum Gasteiger partial charge on any atom is 0.514 e. The molecule has 1 fully saturated rings. The van der Waals surface area contributed by atoms with Crippen LogP contribution in [0.5, 0.6) is 5.75 Å². The number of hydrogen-bond acceptors (Lipinski definition) is 17. The van der Waals surface area contributed by atoms with Crippen molar-refractivity contribution in [3.63, 3.8) is 0 Å². The van der Waals surface area contributed by atoms with E-state index in [-0.39, 0.29) is 110 Å². The Hall–Kier alpha value is -6.80. The molecule has 0 bridgehead atoms. The molecule has 0 radical (unpaired) electrons. The van der Waals surface area contributed by atoms with Crippen LogP contribution in [-0.2, 0) is 55.9 Å². The summed E-state index contributed by atoms with van der Waals surface area (Å²) in [4.78, 5) is 86.0. The number of anilines is 1. The van der Waals surface area contributed by atoms with E-state index in [4.69, 9.17) is 34.2 Å². The van der Waals surface area contributed by atoms with Gasteiger partial charge in [-0.2, -0.15) is 0 Å². The molecule has 24 heteroatoms. The maximum atomic E-state index is 13.9. The van der Waals surface area contributed by atoms with Crippen LogP contribution in [0.1, 0.15) is 43.7 Å². The number of benzene rings is 3. The number of aliphatic hydroxyl groups excluding tert-OH is 3. The van der Waals surface area contributed by atoms with E-state index in [2.05, 4.69) is 26.6 Å². The number of carbonyl (C=O) groups is 6. The van der Waals surface area contributed by atoms with Gasteiger partial charge in [-0.05, 0) is 54.7 Å². The lowest BCUT2D eigenvalue weighted by molar-refractivity contribution is -0.384. The van der Waals surface area contributed by atoms with Crippen molar-refractivity contribution >= 4 is 47.2 Å². The topological polar surface area (TPSA) is 348 Å². The molecule has 10 N–H and O–H groups in total. The third-order valence-corrected chi connectivity index (χ3v) is 10.9. The van der Waals surface area contributed by atoms with Gasteiger partial charge in [-0.25, -0.2) is 9.59 Å². The number of non-ortho nitro benzene ring substituents is 1. The fraction of sp³-hybridized carbons (Fsp3) is 0.489.